The molecule has 4 bridgehead atoms. The van der Waals surface area contributed by atoms with Crippen LogP contribution in [0, 0.1) is 17.8 Å². The number of carbonyl (C=O) groups excluding carboxylic acids is 1. The van der Waals surface area contributed by atoms with E-state index >= 15 is 0 Å². The summed E-state index contributed by atoms with van der Waals surface area (Å²) in [5, 5.41) is 2.75. The van der Waals surface area contributed by atoms with Crippen LogP contribution < -0.4 is 10.1 Å². The molecule has 0 heterocycles. The Morgan fingerprint density at radius 2 is 1.57 bits per heavy atom. The smallest absolute Gasteiger partial charge is 0.410 e. The summed E-state index contributed by atoms with van der Waals surface area (Å²) in [5.41, 5.74) is 1.88. The topological polar surface area (TPSA) is 38.3 Å². The van der Waals surface area contributed by atoms with Crippen LogP contribution in [0.15, 0.2) is 24.3 Å². The minimum atomic E-state index is -0.373. The Morgan fingerprint density at radius 3 is 2.04 bits per heavy atom. The van der Waals surface area contributed by atoms with Gasteiger partial charge in [0.2, 0.25) is 0 Å². The largest absolute Gasteiger partial charge is 0.412 e. The lowest BCUT2D eigenvalue weighted by Crippen LogP contribution is -2.48. The molecule has 1 N–H and O–H groups in total. The van der Waals surface area contributed by atoms with Crippen molar-refractivity contribution >= 4 is 6.09 Å². The van der Waals surface area contributed by atoms with E-state index in [-0.39, 0.29) is 12.1 Å². The van der Waals surface area contributed by atoms with Crippen LogP contribution in [0.3, 0.4) is 0 Å². The highest BCUT2D eigenvalue weighted by molar-refractivity contribution is 5.70. The maximum absolute atomic E-state index is 11.7. The first kappa shape index (κ1) is 15.0. The lowest BCUT2D eigenvalue weighted by atomic mass is 9.48. The third-order valence-electron chi connectivity index (χ3n) is 6.12. The van der Waals surface area contributed by atoms with Gasteiger partial charge in [-0.1, -0.05) is 12.1 Å². The number of nitrogens with one attached hydrogen (secondary N) is 1. The third-order valence-corrected chi connectivity index (χ3v) is 6.12. The van der Waals surface area contributed by atoms with Gasteiger partial charge in [-0.3, -0.25) is 0 Å². The van der Waals surface area contributed by atoms with E-state index in [1.807, 2.05) is 26.0 Å². The van der Waals surface area contributed by atoms with E-state index in [0.717, 1.165) is 17.8 Å². The fourth-order valence-electron chi connectivity index (χ4n) is 5.71. The van der Waals surface area contributed by atoms with Gasteiger partial charge in [0.15, 0.2) is 0 Å². The monoisotopic (exact) mass is 313 g/mol. The van der Waals surface area contributed by atoms with E-state index in [1.165, 1.54) is 44.1 Å². The molecule has 1 aromatic carbocycles. The predicted molar refractivity (Wildman–Crippen MR) is 90.6 cm³/mol. The van der Waals surface area contributed by atoms with E-state index in [0.29, 0.717) is 11.2 Å². The molecule has 0 saturated heterocycles. The van der Waals surface area contributed by atoms with Crippen LogP contribution >= 0.6 is 0 Å². The molecule has 1 aromatic rings. The Kier molecular flexibility index (Phi) is 3.62. The molecule has 0 atom stereocenters. The van der Waals surface area contributed by atoms with Crippen molar-refractivity contribution in [3.63, 3.8) is 0 Å². The zero-order valence-corrected chi connectivity index (χ0v) is 14.2. The summed E-state index contributed by atoms with van der Waals surface area (Å²) in [5.74, 6) is 3.49. The van der Waals surface area contributed by atoms with Gasteiger partial charge in [0, 0.05) is 6.04 Å². The molecule has 4 aliphatic carbocycles. The van der Waals surface area contributed by atoms with Crippen molar-refractivity contribution < 1.29 is 9.53 Å². The molecule has 3 heteroatoms. The highest BCUT2D eigenvalue weighted by Crippen LogP contribution is 2.60. The van der Waals surface area contributed by atoms with Crippen molar-refractivity contribution in [2.24, 2.45) is 17.8 Å². The van der Waals surface area contributed by atoms with E-state index in [4.69, 9.17) is 4.74 Å². The van der Waals surface area contributed by atoms with Crippen LogP contribution in [-0.4, -0.2) is 12.1 Å². The second-order valence-corrected chi connectivity index (χ2v) is 8.41. The molecule has 23 heavy (non-hydrogen) atoms. The van der Waals surface area contributed by atoms with Crippen molar-refractivity contribution in [3.05, 3.63) is 29.8 Å². The third kappa shape index (κ3) is 2.86. The van der Waals surface area contributed by atoms with Gasteiger partial charge in [0.25, 0.3) is 0 Å². The van der Waals surface area contributed by atoms with Crippen LogP contribution in [-0.2, 0) is 5.41 Å². The number of amides is 1. The summed E-state index contributed by atoms with van der Waals surface area (Å²) < 4.78 is 5.35. The van der Waals surface area contributed by atoms with E-state index in [9.17, 15) is 4.79 Å². The number of ether oxygens (including phenoxy) is 1. The molecule has 3 nitrogen and oxygen atoms in total. The molecule has 4 saturated carbocycles. The van der Waals surface area contributed by atoms with Crippen LogP contribution in [0.2, 0.25) is 0 Å². The lowest BCUT2D eigenvalue weighted by Gasteiger charge is -2.57. The fraction of sp³-hybridized carbons (Fsp3) is 0.650. The van der Waals surface area contributed by atoms with Crippen LogP contribution in [0.1, 0.15) is 57.9 Å². The first-order valence-electron chi connectivity index (χ1n) is 9.11. The fourth-order valence-corrected chi connectivity index (χ4v) is 5.71. The molecule has 5 rings (SSSR count). The number of hydrogen-bond acceptors (Lipinski definition) is 2. The standard InChI is InChI=1S/C20H27NO2/c1-13(2)21-19(22)23-18-5-3-17(4-6-18)20-10-14-7-15(11-20)9-16(8-14)12-20/h3-6,13-16H,7-12H2,1-2H3,(H,21,22). The van der Waals surface area contributed by atoms with Crippen molar-refractivity contribution in [1.29, 1.82) is 0 Å². The van der Waals surface area contributed by atoms with E-state index < -0.39 is 0 Å². The Morgan fingerprint density at radius 1 is 1.04 bits per heavy atom. The van der Waals surface area contributed by atoms with Crippen molar-refractivity contribution in [1.82, 2.24) is 5.32 Å². The van der Waals surface area contributed by atoms with Crippen molar-refractivity contribution in [2.75, 3.05) is 0 Å². The average molecular weight is 313 g/mol. The van der Waals surface area contributed by atoms with Crippen molar-refractivity contribution in [2.45, 2.75) is 63.8 Å². The van der Waals surface area contributed by atoms with Gasteiger partial charge in [-0.05, 0) is 93.2 Å². The van der Waals surface area contributed by atoms with Gasteiger partial charge in [0.05, 0.1) is 0 Å². The maximum Gasteiger partial charge on any atom is 0.412 e. The summed E-state index contributed by atoms with van der Waals surface area (Å²) >= 11 is 0. The molecular weight excluding hydrogens is 286 g/mol. The van der Waals surface area contributed by atoms with Gasteiger partial charge >= 0.3 is 6.09 Å². The molecule has 1 amide bonds. The molecular formula is C20H27NO2. The number of hydrogen-bond donors (Lipinski definition) is 1. The molecule has 4 fully saturated rings. The summed E-state index contributed by atoms with van der Waals surface area (Å²) in [4.78, 5) is 11.7. The summed E-state index contributed by atoms with van der Waals surface area (Å²) in [6.45, 7) is 3.86. The second kappa shape index (κ2) is 5.54. The van der Waals surface area contributed by atoms with Gasteiger partial charge in [0.1, 0.15) is 5.75 Å². The second-order valence-electron chi connectivity index (χ2n) is 8.41. The van der Waals surface area contributed by atoms with Crippen LogP contribution in [0.5, 0.6) is 5.75 Å². The number of benzene rings is 1. The highest BCUT2D eigenvalue weighted by atomic mass is 16.6. The molecule has 0 aromatic heterocycles. The average Bonchev–Trinajstić information content (AvgIpc) is 2.45. The number of carbonyl (C=O) groups is 1. The number of rotatable bonds is 3. The molecule has 4 aliphatic rings. The van der Waals surface area contributed by atoms with Gasteiger partial charge in [-0.25, -0.2) is 4.79 Å². The summed E-state index contributed by atoms with van der Waals surface area (Å²) in [7, 11) is 0. The van der Waals surface area contributed by atoms with Gasteiger partial charge in [-0.2, -0.15) is 0 Å². The zero-order valence-electron chi connectivity index (χ0n) is 14.2. The Balaban J connectivity index is 1.49. The Bertz CT molecular complexity index is 555. The maximum atomic E-state index is 11.7. The Hall–Kier alpha value is -1.51. The molecule has 0 spiro atoms. The summed E-state index contributed by atoms with van der Waals surface area (Å²) in [6.07, 6.45) is 8.14. The molecule has 0 aliphatic heterocycles. The van der Waals surface area contributed by atoms with Crippen LogP contribution in [0.25, 0.3) is 0 Å². The minimum Gasteiger partial charge on any atom is -0.410 e. The molecule has 124 valence electrons. The molecule has 0 unspecified atom stereocenters. The van der Waals surface area contributed by atoms with E-state index in [1.54, 1.807) is 0 Å². The predicted octanol–water partition coefficient (Wildman–Crippen LogP) is 4.65. The minimum absolute atomic E-state index is 0.0915. The highest BCUT2D eigenvalue weighted by Gasteiger charge is 2.51. The van der Waals surface area contributed by atoms with Crippen molar-refractivity contribution in [3.8, 4) is 5.75 Å². The van der Waals surface area contributed by atoms with Gasteiger partial charge in [-0.15, -0.1) is 0 Å². The lowest BCUT2D eigenvalue weighted by molar-refractivity contribution is -0.00519. The first-order chi connectivity index (χ1) is 11.0. The molecule has 0 radical (unpaired) electrons. The normalized spacial score (nSPS) is 34.7. The Labute approximate surface area is 138 Å². The van der Waals surface area contributed by atoms with Gasteiger partial charge < -0.3 is 10.1 Å². The SMILES string of the molecule is CC(C)NC(=O)Oc1ccc(C23CC4CC(CC(C4)C2)C3)cc1. The first-order valence-corrected chi connectivity index (χ1v) is 9.11. The van der Waals surface area contributed by atoms with E-state index in [2.05, 4.69) is 17.4 Å². The van der Waals surface area contributed by atoms with Crippen LogP contribution in [0.4, 0.5) is 4.79 Å². The zero-order chi connectivity index (χ0) is 16.0. The summed E-state index contributed by atoms with van der Waals surface area (Å²) in [6, 6.07) is 8.42. The quantitative estimate of drug-likeness (QED) is 0.882.